The maximum absolute atomic E-state index is 12.2. The van der Waals surface area contributed by atoms with Gasteiger partial charge in [0.25, 0.3) is 0 Å². The summed E-state index contributed by atoms with van der Waals surface area (Å²) in [7, 11) is 3.01. The van der Waals surface area contributed by atoms with Crippen LogP contribution in [0.4, 0.5) is 16.2 Å². The first-order chi connectivity index (χ1) is 11.6. The van der Waals surface area contributed by atoms with Crippen molar-refractivity contribution in [3.05, 3.63) is 41.6 Å². The van der Waals surface area contributed by atoms with Crippen LogP contribution in [-0.4, -0.2) is 30.4 Å². The number of anilines is 2. The van der Waals surface area contributed by atoms with E-state index in [0.29, 0.717) is 27.9 Å². The average molecular weight is 347 g/mol. The molecule has 0 fully saturated rings. The van der Waals surface area contributed by atoms with Crippen LogP contribution in [0.2, 0.25) is 5.02 Å². The molecule has 3 aromatic rings. The molecule has 3 rings (SSSR count). The number of H-pyrrole nitrogens is 1. The van der Waals surface area contributed by atoms with Crippen LogP contribution in [0.15, 0.2) is 36.5 Å². The quantitative estimate of drug-likeness (QED) is 0.669. The predicted octanol–water partition coefficient (Wildman–Crippen LogP) is 3.88. The Morgan fingerprint density at radius 3 is 2.67 bits per heavy atom. The molecule has 1 heterocycles. The molecular weight excluding hydrogens is 332 g/mol. The van der Waals surface area contributed by atoms with Crippen LogP contribution in [0.3, 0.4) is 0 Å². The molecule has 0 aliphatic rings. The zero-order chi connectivity index (χ0) is 17.1. The van der Waals surface area contributed by atoms with Gasteiger partial charge in [0.2, 0.25) is 0 Å². The van der Waals surface area contributed by atoms with E-state index in [-0.39, 0.29) is 0 Å². The third-order valence-electron chi connectivity index (χ3n) is 3.42. The van der Waals surface area contributed by atoms with Crippen molar-refractivity contribution < 1.29 is 14.3 Å². The molecule has 8 heteroatoms. The van der Waals surface area contributed by atoms with E-state index >= 15 is 0 Å². The van der Waals surface area contributed by atoms with E-state index in [1.807, 2.05) is 12.1 Å². The zero-order valence-corrected chi connectivity index (χ0v) is 13.8. The number of carbonyl (C=O) groups is 1. The number of halogens is 1. The summed E-state index contributed by atoms with van der Waals surface area (Å²) in [6, 6.07) is 8.18. The van der Waals surface area contributed by atoms with Crippen LogP contribution in [0.5, 0.6) is 11.5 Å². The van der Waals surface area contributed by atoms with Crippen molar-refractivity contribution in [2.45, 2.75) is 0 Å². The maximum atomic E-state index is 12.2. The monoisotopic (exact) mass is 346 g/mol. The summed E-state index contributed by atoms with van der Waals surface area (Å²) in [5.41, 5.74) is 1.97. The first kappa shape index (κ1) is 15.9. The first-order valence-electron chi connectivity index (χ1n) is 7.03. The van der Waals surface area contributed by atoms with Crippen LogP contribution in [0.1, 0.15) is 0 Å². The van der Waals surface area contributed by atoms with Gasteiger partial charge in [0.1, 0.15) is 11.5 Å². The van der Waals surface area contributed by atoms with Gasteiger partial charge in [-0.15, -0.1) is 0 Å². The van der Waals surface area contributed by atoms with Gasteiger partial charge >= 0.3 is 6.03 Å². The van der Waals surface area contributed by atoms with E-state index in [9.17, 15) is 4.79 Å². The lowest BCUT2D eigenvalue weighted by molar-refractivity contribution is 0.262. The Bertz CT molecular complexity index is 894. The van der Waals surface area contributed by atoms with Crippen molar-refractivity contribution in [1.82, 2.24) is 10.2 Å². The highest BCUT2D eigenvalue weighted by Gasteiger charge is 2.12. The van der Waals surface area contributed by atoms with Gasteiger partial charge < -0.3 is 20.1 Å². The van der Waals surface area contributed by atoms with Crippen LogP contribution in [-0.2, 0) is 0 Å². The fourth-order valence-electron chi connectivity index (χ4n) is 2.26. The number of fused-ring (bicyclic) bond motifs is 1. The van der Waals surface area contributed by atoms with E-state index in [2.05, 4.69) is 20.8 Å². The van der Waals surface area contributed by atoms with Gasteiger partial charge in [-0.2, -0.15) is 5.10 Å². The molecule has 0 saturated carbocycles. The maximum Gasteiger partial charge on any atom is 0.323 e. The number of hydrogen-bond acceptors (Lipinski definition) is 4. The number of hydrogen-bond donors (Lipinski definition) is 3. The highest BCUT2D eigenvalue weighted by Crippen LogP contribution is 2.35. The number of aromatic nitrogens is 2. The van der Waals surface area contributed by atoms with Crippen LogP contribution >= 0.6 is 11.6 Å². The smallest absolute Gasteiger partial charge is 0.323 e. The van der Waals surface area contributed by atoms with Gasteiger partial charge in [-0.1, -0.05) is 11.6 Å². The van der Waals surface area contributed by atoms with Crippen LogP contribution in [0, 0.1) is 0 Å². The second-order valence-electron chi connectivity index (χ2n) is 4.94. The number of carbonyl (C=O) groups excluding carboxylic acids is 1. The lowest BCUT2D eigenvalue weighted by atomic mass is 10.2. The van der Waals surface area contributed by atoms with Gasteiger partial charge in [0.15, 0.2) is 0 Å². The normalized spacial score (nSPS) is 10.5. The molecule has 124 valence electrons. The fourth-order valence-corrected chi connectivity index (χ4v) is 2.50. The van der Waals surface area contributed by atoms with Gasteiger partial charge in [-0.25, -0.2) is 4.79 Å². The van der Waals surface area contributed by atoms with Gasteiger partial charge in [0, 0.05) is 17.1 Å². The molecule has 0 bridgehead atoms. The Hall–Kier alpha value is -2.93. The molecule has 0 unspecified atom stereocenters. The summed E-state index contributed by atoms with van der Waals surface area (Å²) < 4.78 is 10.4. The zero-order valence-electron chi connectivity index (χ0n) is 13.0. The molecule has 0 radical (unpaired) electrons. The molecular formula is C16H15ClN4O3. The summed E-state index contributed by atoms with van der Waals surface area (Å²) in [5, 5.41) is 13.5. The Balaban J connectivity index is 1.77. The first-order valence-corrected chi connectivity index (χ1v) is 7.41. The van der Waals surface area contributed by atoms with Crippen molar-refractivity contribution >= 4 is 39.9 Å². The Labute approximate surface area is 142 Å². The lowest BCUT2D eigenvalue weighted by Gasteiger charge is -2.13. The second kappa shape index (κ2) is 6.67. The number of methoxy groups -OCH3 is 2. The Kier molecular flexibility index (Phi) is 4.43. The van der Waals surface area contributed by atoms with Crippen LogP contribution in [0.25, 0.3) is 10.9 Å². The minimum atomic E-state index is -0.419. The largest absolute Gasteiger partial charge is 0.495 e. The molecule has 0 atom stereocenters. The number of benzene rings is 2. The van der Waals surface area contributed by atoms with Crippen molar-refractivity contribution in [3.8, 4) is 11.5 Å². The molecule has 0 saturated heterocycles. The topological polar surface area (TPSA) is 88.3 Å². The molecule has 0 aliphatic carbocycles. The second-order valence-corrected chi connectivity index (χ2v) is 5.35. The number of nitrogens with zero attached hydrogens (tertiary/aromatic N) is 1. The number of nitrogens with one attached hydrogen (secondary N) is 3. The standard InChI is InChI=1S/C16H15ClN4O3/c1-23-14-7-15(24-2)13(6-11(14)17)20-16(22)19-10-3-4-12-9(5-10)8-18-21-12/h3-8H,1-2H3,(H,18,21)(H2,19,20,22). The summed E-state index contributed by atoms with van der Waals surface area (Å²) in [6.07, 6.45) is 1.69. The molecule has 0 spiro atoms. The van der Waals surface area contributed by atoms with Crippen molar-refractivity contribution in [3.63, 3.8) is 0 Å². The van der Waals surface area contributed by atoms with E-state index in [1.165, 1.54) is 14.2 Å². The van der Waals surface area contributed by atoms with Gasteiger partial charge in [-0.05, 0) is 24.3 Å². The third kappa shape index (κ3) is 3.21. The summed E-state index contributed by atoms with van der Waals surface area (Å²) >= 11 is 6.09. The van der Waals surface area contributed by atoms with Crippen molar-refractivity contribution in [2.75, 3.05) is 24.9 Å². The van der Waals surface area contributed by atoms with E-state index < -0.39 is 6.03 Å². The minimum absolute atomic E-state index is 0.369. The number of urea groups is 1. The average Bonchev–Trinajstić information content (AvgIpc) is 3.02. The highest BCUT2D eigenvalue weighted by atomic mass is 35.5. The van der Waals surface area contributed by atoms with Crippen molar-refractivity contribution in [2.24, 2.45) is 0 Å². The highest BCUT2D eigenvalue weighted by molar-refractivity contribution is 6.32. The lowest BCUT2D eigenvalue weighted by Crippen LogP contribution is -2.19. The Morgan fingerprint density at radius 2 is 1.92 bits per heavy atom. The minimum Gasteiger partial charge on any atom is -0.495 e. The summed E-state index contributed by atoms with van der Waals surface area (Å²) in [5.74, 6) is 0.904. The molecule has 3 N–H and O–H groups in total. The number of amides is 2. The number of ether oxygens (including phenoxy) is 2. The van der Waals surface area contributed by atoms with Gasteiger partial charge in [-0.3, -0.25) is 5.10 Å². The molecule has 1 aromatic heterocycles. The fraction of sp³-hybridized carbons (Fsp3) is 0.125. The number of rotatable bonds is 4. The summed E-state index contributed by atoms with van der Waals surface area (Å²) in [4.78, 5) is 12.2. The molecule has 24 heavy (non-hydrogen) atoms. The molecule has 2 amide bonds. The third-order valence-corrected chi connectivity index (χ3v) is 3.72. The van der Waals surface area contributed by atoms with E-state index in [1.54, 1.807) is 24.4 Å². The Morgan fingerprint density at radius 1 is 1.12 bits per heavy atom. The molecule has 7 nitrogen and oxygen atoms in total. The van der Waals surface area contributed by atoms with E-state index in [0.717, 1.165) is 10.9 Å². The molecule has 2 aromatic carbocycles. The SMILES string of the molecule is COc1cc(OC)c(NC(=O)Nc2ccc3[nH]ncc3c2)cc1Cl. The van der Waals surface area contributed by atoms with Crippen molar-refractivity contribution in [1.29, 1.82) is 0 Å². The predicted molar refractivity (Wildman–Crippen MR) is 93.3 cm³/mol. The summed E-state index contributed by atoms with van der Waals surface area (Å²) in [6.45, 7) is 0. The molecule has 0 aliphatic heterocycles. The van der Waals surface area contributed by atoms with E-state index in [4.69, 9.17) is 21.1 Å². The van der Waals surface area contributed by atoms with Crippen LogP contribution < -0.4 is 20.1 Å². The van der Waals surface area contributed by atoms with Gasteiger partial charge in [0.05, 0.1) is 36.6 Å². The number of aromatic amines is 1.